The maximum Gasteiger partial charge on any atom is 0.0745 e. The third-order valence-electron chi connectivity index (χ3n) is 2.74. The lowest BCUT2D eigenvalue weighted by molar-refractivity contribution is 0.0765. The number of hydrogen-bond acceptors (Lipinski definition) is 2. The van der Waals surface area contributed by atoms with Crippen LogP contribution in [0.2, 0.25) is 0 Å². The highest BCUT2D eigenvalue weighted by molar-refractivity contribution is 5.09. The van der Waals surface area contributed by atoms with Crippen LogP contribution in [0.25, 0.3) is 0 Å². The average Bonchev–Trinajstić information content (AvgIpc) is 2.19. The Hall–Kier alpha value is -0.600. The van der Waals surface area contributed by atoms with Crippen molar-refractivity contribution >= 4 is 0 Å². The van der Waals surface area contributed by atoms with Gasteiger partial charge in [0.1, 0.15) is 0 Å². The number of hydrogen-bond donors (Lipinski definition) is 1. The topological polar surface area (TPSA) is 29.5 Å². The van der Waals surface area contributed by atoms with Gasteiger partial charge in [0.2, 0.25) is 0 Å². The molecule has 0 aromatic heterocycles. The largest absolute Gasteiger partial charge is 0.391 e. The fourth-order valence-electron chi connectivity index (χ4n) is 1.65. The molecule has 0 fully saturated rings. The lowest BCUT2D eigenvalue weighted by Gasteiger charge is -2.19. The van der Waals surface area contributed by atoms with Gasteiger partial charge in [-0.1, -0.05) is 23.8 Å². The van der Waals surface area contributed by atoms with E-state index in [2.05, 4.69) is 31.2 Å². The summed E-state index contributed by atoms with van der Waals surface area (Å²) in [7, 11) is 1.56. The first-order valence-electron chi connectivity index (χ1n) is 5.95. The smallest absolute Gasteiger partial charge is 0.0745 e. The van der Waals surface area contributed by atoms with E-state index in [1.54, 1.807) is 19.6 Å². The second kappa shape index (κ2) is 8.54. The van der Waals surface area contributed by atoms with E-state index in [4.69, 9.17) is 5.11 Å². The Labute approximate surface area is 100 Å². The van der Waals surface area contributed by atoms with Crippen molar-refractivity contribution in [2.24, 2.45) is 5.92 Å². The van der Waals surface area contributed by atoms with Crippen LogP contribution in [0.5, 0.6) is 0 Å². The fourth-order valence-corrected chi connectivity index (χ4v) is 1.65. The lowest BCUT2D eigenvalue weighted by atomic mass is 9.86. The van der Waals surface area contributed by atoms with Gasteiger partial charge in [0.25, 0.3) is 0 Å². The van der Waals surface area contributed by atoms with Crippen LogP contribution < -0.4 is 0 Å². The molecule has 0 amide bonds. The third kappa shape index (κ3) is 7.66. The van der Waals surface area contributed by atoms with Crippen LogP contribution >= 0.6 is 0 Å². The van der Waals surface area contributed by atoms with Crippen molar-refractivity contribution in [1.29, 1.82) is 0 Å². The first kappa shape index (κ1) is 15.4. The number of rotatable bonds is 3. The zero-order valence-electron chi connectivity index (χ0n) is 11.1. The van der Waals surface area contributed by atoms with Crippen LogP contribution in [0.4, 0.5) is 0 Å². The standard InChI is InChI=1S/C10H16.C4H10O2/c1-8(2)10-6-4-9(3)5-7-10;1-4(5)3-6-2/h4,10H,1,5-7H2,2-3H3;4-5H,3H2,1-2H3. The molecule has 1 rings (SSSR count). The highest BCUT2D eigenvalue weighted by atomic mass is 16.5. The Balaban J connectivity index is 0.000000325. The average molecular weight is 226 g/mol. The lowest BCUT2D eigenvalue weighted by Crippen LogP contribution is -2.07. The molecule has 0 aliphatic heterocycles. The molecule has 0 aromatic rings. The van der Waals surface area contributed by atoms with Gasteiger partial charge in [-0.2, -0.15) is 0 Å². The zero-order valence-corrected chi connectivity index (χ0v) is 11.1. The van der Waals surface area contributed by atoms with Crippen molar-refractivity contribution in [3.8, 4) is 0 Å². The zero-order chi connectivity index (χ0) is 12.6. The van der Waals surface area contributed by atoms with Crippen molar-refractivity contribution in [1.82, 2.24) is 0 Å². The number of aliphatic hydroxyl groups excluding tert-OH is 1. The summed E-state index contributed by atoms with van der Waals surface area (Å²) in [5.74, 6) is 0.767. The Bertz CT molecular complexity index is 229. The predicted molar refractivity (Wildman–Crippen MR) is 69.5 cm³/mol. The minimum absolute atomic E-state index is 0.324. The molecule has 1 aliphatic rings. The SMILES string of the molecule is C=C(C)C1CC=C(C)CC1.COCC(C)O. The Morgan fingerprint density at radius 1 is 1.69 bits per heavy atom. The molecule has 0 heterocycles. The molecule has 16 heavy (non-hydrogen) atoms. The van der Waals surface area contributed by atoms with E-state index in [1.807, 2.05) is 0 Å². The van der Waals surface area contributed by atoms with Crippen molar-refractivity contribution < 1.29 is 9.84 Å². The van der Waals surface area contributed by atoms with Crippen LogP contribution in [-0.2, 0) is 4.74 Å². The van der Waals surface area contributed by atoms with Crippen LogP contribution in [-0.4, -0.2) is 24.9 Å². The van der Waals surface area contributed by atoms with Gasteiger partial charge in [0.05, 0.1) is 12.7 Å². The maximum atomic E-state index is 8.43. The van der Waals surface area contributed by atoms with E-state index >= 15 is 0 Å². The van der Waals surface area contributed by atoms with Crippen LogP contribution in [0.3, 0.4) is 0 Å². The third-order valence-corrected chi connectivity index (χ3v) is 2.74. The number of methoxy groups -OCH3 is 1. The minimum atomic E-state index is -0.324. The Morgan fingerprint density at radius 3 is 2.56 bits per heavy atom. The molecule has 1 aliphatic carbocycles. The summed E-state index contributed by atoms with van der Waals surface area (Å²) in [5, 5.41) is 8.43. The molecule has 0 aromatic carbocycles. The fraction of sp³-hybridized carbons (Fsp3) is 0.714. The van der Waals surface area contributed by atoms with Crippen LogP contribution in [0.15, 0.2) is 23.8 Å². The summed E-state index contributed by atoms with van der Waals surface area (Å²) in [6.07, 6.45) is 5.84. The molecular weight excluding hydrogens is 200 g/mol. The van der Waals surface area contributed by atoms with Gasteiger partial charge in [0.15, 0.2) is 0 Å². The number of allylic oxidation sites excluding steroid dienone is 3. The second-order valence-electron chi connectivity index (χ2n) is 4.67. The van der Waals surface area contributed by atoms with E-state index < -0.39 is 0 Å². The van der Waals surface area contributed by atoms with E-state index in [0.717, 1.165) is 5.92 Å². The Morgan fingerprint density at radius 2 is 2.31 bits per heavy atom. The van der Waals surface area contributed by atoms with Gasteiger partial charge in [-0.3, -0.25) is 0 Å². The van der Waals surface area contributed by atoms with Crippen molar-refractivity contribution in [3.63, 3.8) is 0 Å². The molecule has 0 radical (unpaired) electrons. The van der Waals surface area contributed by atoms with Crippen molar-refractivity contribution in [2.45, 2.75) is 46.1 Å². The highest BCUT2D eigenvalue weighted by Crippen LogP contribution is 2.27. The second-order valence-corrected chi connectivity index (χ2v) is 4.67. The van der Waals surface area contributed by atoms with E-state index in [9.17, 15) is 0 Å². The van der Waals surface area contributed by atoms with E-state index in [-0.39, 0.29) is 6.10 Å². The predicted octanol–water partition coefficient (Wildman–Crippen LogP) is 3.32. The minimum Gasteiger partial charge on any atom is -0.391 e. The van der Waals surface area contributed by atoms with Gasteiger partial charge in [0, 0.05) is 7.11 Å². The molecular formula is C14H26O2. The summed E-state index contributed by atoms with van der Waals surface area (Å²) in [6.45, 7) is 10.4. The normalized spacial score (nSPS) is 21.6. The summed E-state index contributed by atoms with van der Waals surface area (Å²) in [5.41, 5.74) is 2.90. The quantitative estimate of drug-likeness (QED) is 0.748. The van der Waals surface area contributed by atoms with Crippen LogP contribution in [0, 0.1) is 5.92 Å². The van der Waals surface area contributed by atoms with Gasteiger partial charge in [-0.25, -0.2) is 0 Å². The molecule has 0 spiro atoms. The van der Waals surface area contributed by atoms with E-state index in [1.165, 1.54) is 24.8 Å². The molecule has 2 heteroatoms. The van der Waals surface area contributed by atoms with Crippen molar-refractivity contribution in [3.05, 3.63) is 23.8 Å². The monoisotopic (exact) mass is 226 g/mol. The molecule has 0 saturated carbocycles. The Kier molecular flexibility index (Phi) is 8.22. The summed E-state index contributed by atoms with van der Waals surface area (Å²) in [6, 6.07) is 0. The molecule has 2 unspecified atom stereocenters. The molecule has 0 saturated heterocycles. The van der Waals surface area contributed by atoms with Gasteiger partial charge < -0.3 is 9.84 Å². The highest BCUT2D eigenvalue weighted by Gasteiger charge is 2.11. The van der Waals surface area contributed by atoms with Gasteiger partial charge in [-0.05, 0) is 46.0 Å². The molecule has 0 bridgehead atoms. The number of ether oxygens (including phenoxy) is 1. The summed E-state index contributed by atoms with van der Waals surface area (Å²) < 4.78 is 4.55. The van der Waals surface area contributed by atoms with Gasteiger partial charge in [-0.15, -0.1) is 0 Å². The van der Waals surface area contributed by atoms with E-state index in [0.29, 0.717) is 6.61 Å². The van der Waals surface area contributed by atoms with Crippen molar-refractivity contribution in [2.75, 3.05) is 13.7 Å². The first-order valence-corrected chi connectivity index (χ1v) is 5.95. The summed E-state index contributed by atoms with van der Waals surface area (Å²) in [4.78, 5) is 0. The number of aliphatic hydroxyl groups is 1. The summed E-state index contributed by atoms with van der Waals surface area (Å²) >= 11 is 0. The molecule has 94 valence electrons. The molecule has 1 N–H and O–H groups in total. The van der Waals surface area contributed by atoms with Crippen LogP contribution in [0.1, 0.15) is 40.0 Å². The first-order chi connectivity index (χ1) is 7.47. The molecule has 2 nitrogen and oxygen atoms in total. The van der Waals surface area contributed by atoms with Gasteiger partial charge >= 0.3 is 0 Å². The maximum absolute atomic E-state index is 8.43. The molecule has 2 atom stereocenters.